The molecule has 0 bridgehead atoms. The topological polar surface area (TPSA) is 75.3 Å². The molecule has 8 heteroatoms. The number of benzene rings is 2. The van der Waals surface area contributed by atoms with Crippen molar-refractivity contribution >= 4 is 39.1 Å². The van der Waals surface area contributed by atoms with Crippen molar-refractivity contribution in [3.63, 3.8) is 0 Å². The normalized spacial score (nSPS) is 11.3. The zero-order valence-corrected chi connectivity index (χ0v) is 15.2. The Morgan fingerprint density at radius 2 is 1.71 bits per heavy atom. The Morgan fingerprint density at radius 1 is 1.04 bits per heavy atom. The molecule has 0 fully saturated rings. The van der Waals surface area contributed by atoms with Crippen molar-refractivity contribution in [1.82, 2.24) is 10.0 Å². The van der Waals surface area contributed by atoms with Crippen LogP contribution in [0.3, 0.4) is 0 Å². The summed E-state index contributed by atoms with van der Waals surface area (Å²) in [7, 11) is -3.60. The van der Waals surface area contributed by atoms with Gasteiger partial charge in [-0.3, -0.25) is 4.79 Å². The van der Waals surface area contributed by atoms with E-state index in [0.29, 0.717) is 5.02 Å². The molecule has 1 amide bonds. The minimum Gasteiger partial charge on any atom is -0.351 e. The van der Waals surface area contributed by atoms with Crippen LogP contribution in [0.5, 0.6) is 0 Å². The second kappa shape index (κ2) is 7.98. The van der Waals surface area contributed by atoms with Gasteiger partial charge in [0.1, 0.15) is 0 Å². The van der Waals surface area contributed by atoms with Crippen molar-refractivity contribution in [2.75, 3.05) is 13.1 Å². The maximum absolute atomic E-state index is 12.1. The number of hydrogen-bond acceptors (Lipinski definition) is 3. The van der Waals surface area contributed by atoms with E-state index >= 15 is 0 Å². The third kappa shape index (κ3) is 4.95. The van der Waals surface area contributed by atoms with Gasteiger partial charge < -0.3 is 5.32 Å². The molecule has 0 aliphatic heterocycles. The number of carbonyl (C=O) groups is 1. The smallest absolute Gasteiger partial charge is 0.252 e. The van der Waals surface area contributed by atoms with Gasteiger partial charge in [-0.25, -0.2) is 13.1 Å². The number of hydrogen-bond donors (Lipinski definition) is 2. The molecule has 0 aromatic heterocycles. The van der Waals surface area contributed by atoms with E-state index in [1.807, 2.05) is 6.92 Å². The average molecular weight is 387 g/mol. The van der Waals surface area contributed by atoms with Crippen LogP contribution in [0.2, 0.25) is 10.0 Å². The highest BCUT2D eigenvalue weighted by Crippen LogP contribution is 2.20. The van der Waals surface area contributed by atoms with Crippen LogP contribution in [0.4, 0.5) is 0 Å². The standard InChI is InChI=1S/C16H16Cl2N2O3S/c1-11-2-5-13(6-3-11)24(22,23)20-9-8-19-16(21)14-7-4-12(17)10-15(14)18/h2-7,10,20H,8-9H2,1H3,(H,19,21). The van der Waals surface area contributed by atoms with Crippen LogP contribution < -0.4 is 10.0 Å². The third-order valence-electron chi connectivity index (χ3n) is 3.21. The van der Waals surface area contributed by atoms with Crippen molar-refractivity contribution in [2.45, 2.75) is 11.8 Å². The zero-order chi connectivity index (χ0) is 17.7. The van der Waals surface area contributed by atoms with Gasteiger partial charge in [-0.15, -0.1) is 0 Å². The molecule has 2 N–H and O–H groups in total. The molecule has 2 aromatic rings. The molecule has 0 saturated carbocycles. The van der Waals surface area contributed by atoms with Crippen LogP contribution in [-0.2, 0) is 10.0 Å². The molecule has 0 heterocycles. The summed E-state index contributed by atoms with van der Waals surface area (Å²) in [5.41, 5.74) is 1.25. The second-order valence-electron chi connectivity index (χ2n) is 5.09. The Hall–Kier alpha value is -1.60. The number of rotatable bonds is 6. The molecule has 0 unspecified atom stereocenters. The number of halogens is 2. The van der Waals surface area contributed by atoms with Crippen LogP contribution in [0.25, 0.3) is 0 Å². The predicted octanol–water partition coefficient (Wildman–Crippen LogP) is 3.01. The lowest BCUT2D eigenvalue weighted by Gasteiger charge is -2.09. The largest absolute Gasteiger partial charge is 0.351 e. The Morgan fingerprint density at radius 3 is 2.33 bits per heavy atom. The predicted molar refractivity (Wildman–Crippen MR) is 95.2 cm³/mol. The van der Waals surface area contributed by atoms with Crippen LogP contribution >= 0.6 is 23.2 Å². The van der Waals surface area contributed by atoms with E-state index in [1.54, 1.807) is 18.2 Å². The lowest BCUT2D eigenvalue weighted by molar-refractivity contribution is 0.0954. The van der Waals surface area contributed by atoms with Crippen molar-refractivity contribution in [3.05, 3.63) is 63.6 Å². The van der Waals surface area contributed by atoms with Crippen LogP contribution in [-0.4, -0.2) is 27.4 Å². The summed E-state index contributed by atoms with van der Waals surface area (Å²) in [6.07, 6.45) is 0. The molecule has 5 nitrogen and oxygen atoms in total. The fourth-order valence-electron chi connectivity index (χ4n) is 1.93. The van der Waals surface area contributed by atoms with Gasteiger partial charge in [0.2, 0.25) is 10.0 Å². The van der Waals surface area contributed by atoms with E-state index in [-0.39, 0.29) is 28.6 Å². The van der Waals surface area contributed by atoms with Crippen molar-refractivity contribution in [3.8, 4) is 0 Å². The molecule has 0 aliphatic rings. The number of carbonyl (C=O) groups excluding carboxylic acids is 1. The summed E-state index contributed by atoms with van der Waals surface area (Å²) in [6.45, 7) is 2.07. The molecule has 2 rings (SSSR count). The van der Waals surface area contributed by atoms with Gasteiger partial charge in [0.15, 0.2) is 0 Å². The summed E-state index contributed by atoms with van der Waals surface area (Å²) in [5.74, 6) is -0.397. The summed E-state index contributed by atoms with van der Waals surface area (Å²) >= 11 is 11.7. The van der Waals surface area contributed by atoms with Crippen LogP contribution in [0.1, 0.15) is 15.9 Å². The molecular formula is C16H16Cl2N2O3S. The van der Waals surface area contributed by atoms with Gasteiger partial charge >= 0.3 is 0 Å². The molecule has 0 spiro atoms. The van der Waals surface area contributed by atoms with Crippen molar-refractivity contribution in [2.24, 2.45) is 0 Å². The van der Waals surface area contributed by atoms with Crippen LogP contribution in [0.15, 0.2) is 47.4 Å². The number of nitrogens with one attached hydrogen (secondary N) is 2. The number of aryl methyl sites for hydroxylation is 1. The lowest BCUT2D eigenvalue weighted by atomic mass is 10.2. The minimum atomic E-state index is -3.60. The Kier molecular flexibility index (Phi) is 6.23. The molecule has 2 aromatic carbocycles. The highest BCUT2D eigenvalue weighted by Gasteiger charge is 2.14. The fourth-order valence-corrected chi connectivity index (χ4v) is 3.46. The van der Waals surface area contributed by atoms with Crippen molar-refractivity contribution < 1.29 is 13.2 Å². The summed E-state index contributed by atoms with van der Waals surface area (Å²) < 4.78 is 26.6. The van der Waals surface area contributed by atoms with E-state index in [1.165, 1.54) is 24.3 Å². The molecule has 128 valence electrons. The van der Waals surface area contributed by atoms with Gasteiger partial charge in [0.05, 0.1) is 15.5 Å². The molecule has 0 saturated heterocycles. The molecule has 24 heavy (non-hydrogen) atoms. The van der Waals surface area contributed by atoms with E-state index in [2.05, 4.69) is 10.0 Å². The Balaban J connectivity index is 1.88. The SMILES string of the molecule is Cc1ccc(S(=O)(=O)NCCNC(=O)c2ccc(Cl)cc2Cl)cc1. The summed E-state index contributed by atoms with van der Waals surface area (Å²) in [6, 6.07) is 11.0. The van der Waals surface area contributed by atoms with Gasteiger partial charge in [0, 0.05) is 18.1 Å². The van der Waals surface area contributed by atoms with Gasteiger partial charge in [-0.05, 0) is 37.3 Å². The Labute approximate surface area is 151 Å². The Bertz CT molecular complexity index is 837. The monoisotopic (exact) mass is 386 g/mol. The third-order valence-corrected chi connectivity index (χ3v) is 5.23. The first-order valence-corrected chi connectivity index (χ1v) is 9.33. The number of sulfonamides is 1. The molecular weight excluding hydrogens is 371 g/mol. The highest BCUT2D eigenvalue weighted by atomic mass is 35.5. The van der Waals surface area contributed by atoms with E-state index < -0.39 is 15.9 Å². The first-order chi connectivity index (χ1) is 11.3. The summed E-state index contributed by atoms with van der Waals surface area (Å²) in [5, 5.41) is 3.27. The highest BCUT2D eigenvalue weighted by molar-refractivity contribution is 7.89. The molecule has 0 atom stereocenters. The second-order valence-corrected chi connectivity index (χ2v) is 7.70. The fraction of sp³-hybridized carbons (Fsp3) is 0.188. The van der Waals surface area contributed by atoms with E-state index in [4.69, 9.17) is 23.2 Å². The summed E-state index contributed by atoms with van der Waals surface area (Å²) in [4.78, 5) is 12.2. The molecule has 0 radical (unpaired) electrons. The maximum atomic E-state index is 12.1. The first-order valence-electron chi connectivity index (χ1n) is 7.09. The van der Waals surface area contributed by atoms with Crippen molar-refractivity contribution in [1.29, 1.82) is 0 Å². The maximum Gasteiger partial charge on any atom is 0.252 e. The first kappa shape index (κ1) is 18.7. The van der Waals surface area contributed by atoms with Gasteiger partial charge in [0.25, 0.3) is 5.91 Å². The minimum absolute atomic E-state index is 0.0627. The quantitative estimate of drug-likeness (QED) is 0.749. The van der Waals surface area contributed by atoms with Gasteiger partial charge in [-0.2, -0.15) is 0 Å². The lowest BCUT2D eigenvalue weighted by Crippen LogP contribution is -2.34. The van der Waals surface area contributed by atoms with Crippen LogP contribution in [0, 0.1) is 6.92 Å². The number of amides is 1. The van der Waals surface area contributed by atoms with Gasteiger partial charge in [-0.1, -0.05) is 40.9 Å². The zero-order valence-electron chi connectivity index (χ0n) is 12.8. The molecule has 0 aliphatic carbocycles. The van der Waals surface area contributed by atoms with E-state index in [0.717, 1.165) is 5.56 Å². The average Bonchev–Trinajstić information content (AvgIpc) is 2.52. The van der Waals surface area contributed by atoms with E-state index in [9.17, 15) is 13.2 Å².